The molecule has 54 heavy (non-hydrogen) atoms. The standard InChI is InChI=1S/C34H37NO19/c1-2-3-8-15-46-29(38)19-50-33(42)23-11-4-6-13-25(23)53-31(40)21-48-27(36)18-28(37)49-22-32(41)54-26-14-7-5-12-24(26)34(43)51-20-30(39)47-16-9-10-17-52-35(44)45/h4-7,11-14H,2-3,8-10,15-22H2,1H3. The number of carbonyl (C=O) groups is 8. The molecule has 292 valence electrons. The van der Waals surface area contributed by atoms with Crippen LogP contribution in [0.4, 0.5) is 0 Å². The Kier molecular flexibility index (Phi) is 19.8. The van der Waals surface area contributed by atoms with E-state index in [4.69, 9.17) is 33.2 Å². The highest BCUT2D eigenvalue weighted by Gasteiger charge is 2.22. The van der Waals surface area contributed by atoms with Crippen LogP contribution in [0.1, 0.15) is 66.2 Å². The third-order valence-corrected chi connectivity index (χ3v) is 6.30. The van der Waals surface area contributed by atoms with Crippen LogP contribution in [0.5, 0.6) is 11.5 Å². The van der Waals surface area contributed by atoms with Crippen molar-refractivity contribution in [3.05, 3.63) is 69.8 Å². The van der Waals surface area contributed by atoms with Gasteiger partial charge in [0.1, 0.15) is 29.0 Å². The van der Waals surface area contributed by atoms with Crippen molar-refractivity contribution >= 4 is 47.8 Å². The number of hydrogen-bond acceptors (Lipinski definition) is 19. The fraction of sp³-hybridized carbons (Fsp3) is 0.412. The fourth-order valence-corrected chi connectivity index (χ4v) is 3.81. The SMILES string of the molecule is CCCCCOC(=O)COC(=O)c1ccccc1OC(=O)COC(=O)CC(=O)OCC(=O)Oc1ccccc1C(=O)OCC(=O)OCCCCO[N+](=O)[O-]. The van der Waals surface area contributed by atoms with E-state index in [2.05, 4.69) is 9.57 Å². The van der Waals surface area contributed by atoms with E-state index < -0.39 is 85.7 Å². The molecule has 0 fully saturated rings. The summed E-state index contributed by atoms with van der Waals surface area (Å²) >= 11 is 0. The van der Waals surface area contributed by atoms with Crippen LogP contribution in [0.25, 0.3) is 0 Å². The zero-order valence-electron chi connectivity index (χ0n) is 29.0. The number of para-hydroxylation sites is 2. The summed E-state index contributed by atoms with van der Waals surface area (Å²) in [4.78, 5) is 111. The molecule has 20 heteroatoms. The Morgan fingerprint density at radius 3 is 1.37 bits per heavy atom. The molecule has 0 atom stereocenters. The first-order valence-electron chi connectivity index (χ1n) is 16.2. The summed E-state index contributed by atoms with van der Waals surface area (Å²) in [5.74, 6) is -9.06. The number of unbranched alkanes of at least 4 members (excludes halogenated alkanes) is 3. The molecule has 2 aromatic rings. The van der Waals surface area contributed by atoms with Gasteiger partial charge in [0.25, 0.3) is 5.09 Å². The Labute approximate surface area is 306 Å². The van der Waals surface area contributed by atoms with Gasteiger partial charge in [-0.15, -0.1) is 10.1 Å². The third kappa shape index (κ3) is 18.1. The van der Waals surface area contributed by atoms with Crippen LogP contribution < -0.4 is 9.47 Å². The van der Waals surface area contributed by atoms with Gasteiger partial charge in [-0.3, -0.25) is 9.59 Å². The minimum atomic E-state index is -1.24. The van der Waals surface area contributed by atoms with Gasteiger partial charge in [-0.2, -0.15) is 0 Å². The average Bonchev–Trinajstić information content (AvgIpc) is 3.14. The quantitative estimate of drug-likeness (QED) is 0.0282. The molecule has 0 heterocycles. The molecule has 0 aromatic heterocycles. The number of rotatable bonds is 24. The summed E-state index contributed by atoms with van der Waals surface area (Å²) in [6.07, 6.45) is 1.93. The van der Waals surface area contributed by atoms with Crippen LogP contribution in [0.3, 0.4) is 0 Å². The number of benzene rings is 2. The van der Waals surface area contributed by atoms with Crippen LogP contribution in [0, 0.1) is 10.1 Å². The largest absolute Gasteiger partial charge is 0.463 e. The summed E-state index contributed by atoms with van der Waals surface area (Å²) in [5, 5.41) is 9.13. The lowest BCUT2D eigenvalue weighted by atomic mass is 10.2. The van der Waals surface area contributed by atoms with Gasteiger partial charge in [0.05, 0.1) is 19.8 Å². The van der Waals surface area contributed by atoms with E-state index in [0.717, 1.165) is 12.8 Å². The zero-order chi connectivity index (χ0) is 39.7. The lowest BCUT2D eigenvalue weighted by molar-refractivity contribution is -0.757. The zero-order valence-corrected chi connectivity index (χ0v) is 29.0. The molecule has 2 rings (SSSR count). The van der Waals surface area contributed by atoms with Crippen LogP contribution in [-0.2, 0) is 62.0 Å². The summed E-state index contributed by atoms with van der Waals surface area (Å²) in [6, 6.07) is 10.6. The highest BCUT2D eigenvalue weighted by Crippen LogP contribution is 2.20. The average molecular weight is 764 g/mol. The minimum Gasteiger partial charge on any atom is -0.463 e. The van der Waals surface area contributed by atoms with E-state index in [9.17, 15) is 48.5 Å². The maximum absolute atomic E-state index is 12.5. The van der Waals surface area contributed by atoms with Gasteiger partial charge in [0.2, 0.25) is 0 Å². The van der Waals surface area contributed by atoms with Crippen molar-refractivity contribution in [3.63, 3.8) is 0 Å². The molecule has 0 N–H and O–H groups in total. The van der Waals surface area contributed by atoms with Crippen molar-refractivity contribution in [2.75, 3.05) is 46.2 Å². The van der Waals surface area contributed by atoms with Crippen molar-refractivity contribution < 1.29 is 86.2 Å². The Balaban J connectivity index is 1.73. The van der Waals surface area contributed by atoms with E-state index in [1.165, 1.54) is 48.5 Å². The van der Waals surface area contributed by atoms with Gasteiger partial charge in [-0.05, 0) is 43.5 Å². The Morgan fingerprint density at radius 1 is 0.519 bits per heavy atom. The molecule has 0 amide bonds. The highest BCUT2D eigenvalue weighted by atomic mass is 16.9. The van der Waals surface area contributed by atoms with E-state index in [1.807, 2.05) is 6.92 Å². The molecular formula is C34H37NO19. The van der Waals surface area contributed by atoms with Crippen molar-refractivity contribution in [2.24, 2.45) is 0 Å². The van der Waals surface area contributed by atoms with Gasteiger partial charge in [-0.1, -0.05) is 44.0 Å². The Bertz CT molecular complexity index is 1640. The number of carbonyl (C=O) groups excluding carboxylic acids is 8. The first kappa shape index (κ1) is 43.6. The maximum atomic E-state index is 12.5. The summed E-state index contributed by atoms with van der Waals surface area (Å²) in [5.41, 5.74) is -0.477. The van der Waals surface area contributed by atoms with Crippen LogP contribution in [0.15, 0.2) is 48.5 Å². The monoisotopic (exact) mass is 763 g/mol. The normalized spacial score (nSPS) is 10.2. The van der Waals surface area contributed by atoms with Crippen molar-refractivity contribution in [3.8, 4) is 11.5 Å². The second-order valence-electron chi connectivity index (χ2n) is 10.5. The van der Waals surface area contributed by atoms with E-state index >= 15 is 0 Å². The van der Waals surface area contributed by atoms with Crippen LogP contribution in [0.2, 0.25) is 0 Å². The molecule has 2 aromatic carbocycles. The van der Waals surface area contributed by atoms with Crippen LogP contribution >= 0.6 is 0 Å². The maximum Gasteiger partial charge on any atom is 0.349 e. The molecular weight excluding hydrogens is 726 g/mol. The first-order chi connectivity index (χ1) is 25.9. The molecule has 0 spiro atoms. The second-order valence-corrected chi connectivity index (χ2v) is 10.5. The summed E-state index contributed by atoms with van der Waals surface area (Å²) in [7, 11) is 0. The molecule has 0 aliphatic carbocycles. The van der Waals surface area contributed by atoms with Crippen molar-refractivity contribution in [2.45, 2.75) is 45.4 Å². The topological polar surface area (TPSA) is 263 Å². The highest BCUT2D eigenvalue weighted by molar-refractivity contribution is 5.96. The fourth-order valence-electron chi connectivity index (χ4n) is 3.81. The summed E-state index contributed by atoms with van der Waals surface area (Å²) in [6.45, 7) is -1.56. The molecule has 0 saturated carbocycles. The predicted molar refractivity (Wildman–Crippen MR) is 175 cm³/mol. The Hall–Kier alpha value is -6.60. The van der Waals surface area contributed by atoms with Gasteiger partial charge < -0.3 is 42.7 Å². The number of ether oxygens (including phenoxy) is 8. The smallest absolute Gasteiger partial charge is 0.349 e. The molecule has 20 nitrogen and oxygen atoms in total. The van der Waals surface area contributed by atoms with Gasteiger partial charge in [-0.25, -0.2) is 28.8 Å². The number of esters is 8. The molecule has 0 aliphatic rings. The lowest BCUT2D eigenvalue weighted by Gasteiger charge is -2.11. The van der Waals surface area contributed by atoms with E-state index in [0.29, 0.717) is 6.42 Å². The van der Waals surface area contributed by atoms with Crippen molar-refractivity contribution in [1.29, 1.82) is 0 Å². The molecule has 0 aliphatic heterocycles. The Morgan fingerprint density at radius 2 is 0.926 bits per heavy atom. The van der Waals surface area contributed by atoms with Crippen LogP contribution in [-0.4, -0.2) is 99.1 Å². The number of nitrogens with zero attached hydrogens (tertiary/aromatic N) is 1. The molecule has 0 unspecified atom stereocenters. The summed E-state index contributed by atoms with van der Waals surface area (Å²) < 4.78 is 39.0. The number of hydrogen-bond donors (Lipinski definition) is 0. The van der Waals surface area contributed by atoms with Crippen molar-refractivity contribution in [1.82, 2.24) is 0 Å². The molecule has 0 radical (unpaired) electrons. The van der Waals surface area contributed by atoms with E-state index in [-0.39, 0.29) is 55.3 Å². The molecule has 0 saturated heterocycles. The lowest BCUT2D eigenvalue weighted by Crippen LogP contribution is -2.24. The third-order valence-electron chi connectivity index (χ3n) is 6.30. The van der Waals surface area contributed by atoms with Gasteiger partial charge in [0.15, 0.2) is 26.4 Å². The van der Waals surface area contributed by atoms with Gasteiger partial charge in [0, 0.05) is 0 Å². The predicted octanol–water partition coefficient (Wildman–Crippen LogP) is 2.25. The minimum absolute atomic E-state index is 0.106. The first-order valence-corrected chi connectivity index (χ1v) is 16.2. The molecule has 0 bridgehead atoms. The van der Waals surface area contributed by atoms with Gasteiger partial charge >= 0.3 is 47.8 Å². The van der Waals surface area contributed by atoms with E-state index in [1.54, 1.807) is 0 Å². The second kappa shape index (κ2) is 24.6.